The Labute approximate surface area is 118 Å². The quantitative estimate of drug-likeness (QED) is 0.483. The fourth-order valence-electron chi connectivity index (χ4n) is 2.41. The van der Waals surface area contributed by atoms with E-state index in [0.29, 0.717) is 17.5 Å². The van der Waals surface area contributed by atoms with Gasteiger partial charge in [-0.1, -0.05) is 13.0 Å². The van der Waals surface area contributed by atoms with Crippen molar-refractivity contribution in [3.63, 3.8) is 0 Å². The highest BCUT2D eigenvalue weighted by molar-refractivity contribution is 7.85. The van der Waals surface area contributed by atoms with E-state index in [1.54, 1.807) is 6.08 Å². The Hall–Kier alpha value is -1.41. The smallest absolute Gasteiger partial charge is 0.294 e. The second-order valence-corrected chi connectivity index (χ2v) is 6.17. The predicted molar refractivity (Wildman–Crippen MR) is 76.1 cm³/mol. The van der Waals surface area contributed by atoms with Crippen molar-refractivity contribution in [2.75, 3.05) is 13.6 Å². The van der Waals surface area contributed by atoms with Crippen LogP contribution in [0, 0.1) is 0 Å². The summed E-state index contributed by atoms with van der Waals surface area (Å²) >= 11 is 0. The molecule has 1 aliphatic rings. The van der Waals surface area contributed by atoms with E-state index in [9.17, 15) is 13.5 Å². The molecule has 0 fully saturated rings. The van der Waals surface area contributed by atoms with E-state index in [0.717, 1.165) is 12.6 Å². The molecule has 0 saturated heterocycles. The molecule has 0 heterocycles. The van der Waals surface area contributed by atoms with E-state index >= 15 is 0 Å². The molecule has 0 spiro atoms. The first-order valence-electron chi connectivity index (χ1n) is 6.28. The summed E-state index contributed by atoms with van der Waals surface area (Å²) in [6.07, 6.45) is 4.08. The van der Waals surface area contributed by atoms with Crippen LogP contribution in [0.3, 0.4) is 0 Å². The number of hydrogen-bond donors (Lipinski definition) is 4. The molecule has 4 N–H and O–H groups in total. The zero-order valence-electron chi connectivity index (χ0n) is 11.3. The molecule has 0 amide bonds. The summed E-state index contributed by atoms with van der Waals surface area (Å²) in [6, 6.07) is 2.42. The first-order chi connectivity index (χ1) is 9.31. The average molecular weight is 298 g/mol. The standard InChI is InChI=1S/C13H18N2O4S/c1-3-15-13(14-2)5-4-9-6-10(20(17,18)19)7-12(16)11(9)8-13/h4-7,14-16H,3,8H2,1-2H3,(H,17,18,19). The summed E-state index contributed by atoms with van der Waals surface area (Å²) in [6.45, 7) is 2.72. The predicted octanol–water partition coefficient (Wildman–Crippen LogP) is 0.733. The van der Waals surface area contributed by atoms with Gasteiger partial charge in [0, 0.05) is 18.1 Å². The number of nitrogens with one attached hydrogen (secondary N) is 2. The van der Waals surface area contributed by atoms with Crippen LogP contribution in [0.4, 0.5) is 0 Å². The Kier molecular flexibility index (Phi) is 3.88. The summed E-state index contributed by atoms with van der Waals surface area (Å²) in [5, 5.41) is 16.5. The van der Waals surface area contributed by atoms with Crippen molar-refractivity contribution in [3.05, 3.63) is 29.3 Å². The minimum absolute atomic E-state index is 0.142. The van der Waals surface area contributed by atoms with Crippen molar-refractivity contribution in [2.24, 2.45) is 0 Å². The Morgan fingerprint density at radius 3 is 2.65 bits per heavy atom. The van der Waals surface area contributed by atoms with Crippen LogP contribution >= 0.6 is 0 Å². The maximum absolute atomic E-state index is 11.2. The molecule has 1 aromatic carbocycles. The Bertz CT molecular complexity index is 655. The van der Waals surface area contributed by atoms with Crippen molar-refractivity contribution in [3.8, 4) is 5.75 Å². The molecule has 2 rings (SSSR count). The van der Waals surface area contributed by atoms with Gasteiger partial charge in [0.15, 0.2) is 0 Å². The SMILES string of the molecule is CCNC1(NC)C=Cc2cc(S(=O)(=O)O)cc(O)c2C1. The van der Waals surface area contributed by atoms with Crippen LogP contribution in [0.15, 0.2) is 23.1 Å². The Morgan fingerprint density at radius 1 is 1.40 bits per heavy atom. The van der Waals surface area contributed by atoms with Crippen molar-refractivity contribution in [1.29, 1.82) is 0 Å². The lowest BCUT2D eigenvalue weighted by Crippen LogP contribution is -2.56. The largest absolute Gasteiger partial charge is 0.508 e. The highest BCUT2D eigenvalue weighted by atomic mass is 32.2. The fraction of sp³-hybridized carbons (Fsp3) is 0.385. The summed E-state index contributed by atoms with van der Waals surface area (Å²) in [5.41, 5.74) is 0.746. The van der Waals surface area contributed by atoms with Gasteiger partial charge in [-0.15, -0.1) is 0 Å². The van der Waals surface area contributed by atoms with Crippen molar-refractivity contribution >= 4 is 16.2 Å². The summed E-state index contributed by atoms with van der Waals surface area (Å²) in [7, 11) is -2.52. The molecule has 1 aliphatic carbocycles. The number of aromatic hydroxyl groups is 1. The molecule has 1 unspecified atom stereocenters. The van der Waals surface area contributed by atoms with Crippen molar-refractivity contribution in [1.82, 2.24) is 10.6 Å². The van der Waals surface area contributed by atoms with Crippen LogP contribution < -0.4 is 10.6 Å². The normalized spacial score (nSPS) is 21.8. The molecule has 1 aromatic rings. The van der Waals surface area contributed by atoms with Crippen LogP contribution in [0.1, 0.15) is 18.1 Å². The van der Waals surface area contributed by atoms with E-state index in [2.05, 4.69) is 10.6 Å². The number of fused-ring (bicyclic) bond motifs is 1. The monoisotopic (exact) mass is 298 g/mol. The van der Waals surface area contributed by atoms with E-state index in [1.807, 2.05) is 20.0 Å². The maximum Gasteiger partial charge on any atom is 0.294 e. The first-order valence-corrected chi connectivity index (χ1v) is 7.72. The molecule has 0 radical (unpaired) electrons. The number of benzene rings is 1. The van der Waals surface area contributed by atoms with Crippen LogP contribution in [0.5, 0.6) is 5.75 Å². The molecule has 1 atom stereocenters. The number of rotatable bonds is 4. The minimum atomic E-state index is -4.33. The molecule has 0 aromatic heterocycles. The third kappa shape index (κ3) is 2.71. The number of phenols is 1. The van der Waals surface area contributed by atoms with Gasteiger partial charge in [0.2, 0.25) is 0 Å². The topological polar surface area (TPSA) is 98.7 Å². The van der Waals surface area contributed by atoms with Crippen LogP contribution in [-0.2, 0) is 16.5 Å². The zero-order valence-corrected chi connectivity index (χ0v) is 12.2. The summed E-state index contributed by atoms with van der Waals surface area (Å²) in [4.78, 5) is -0.307. The second kappa shape index (κ2) is 5.17. The van der Waals surface area contributed by atoms with Gasteiger partial charge in [-0.25, -0.2) is 0 Å². The van der Waals surface area contributed by atoms with Crippen LogP contribution in [-0.4, -0.2) is 37.3 Å². The third-order valence-corrected chi connectivity index (χ3v) is 4.31. The van der Waals surface area contributed by atoms with Crippen LogP contribution in [0.2, 0.25) is 0 Å². The first kappa shape index (κ1) is 15.0. The molecule has 7 heteroatoms. The van der Waals surface area contributed by atoms with Gasteiger partial charge in [0.25, 0.3) is 10.1 Å². The number of likely N-dealkylation sites (N-methyl/N-ethyl adjacent to an activating group) is 2. The lowest BCUT2D eigenvalue weighted by Gasteiger charge is -2.35. The fourth-order valence-corrected chi connectivity index (χ4v) is 2.95. The van der Waals surface area contributed by atoms with Gasteiger partial charge in [-0.2, -0.15) is 8.42 Å². The minimum Gasteiger partial charge on any atom is -0.508 e. The molecule has 110 valence electrons. The number of hydrogen-bond acceptors (Lipinski definition) is 5. The lowest BCUT2D eigenvalue weighted by molar-refractivity contribution is 0.344. The van der Waals surface area contributed by atoms with Crippen molar-refractivity contribution in [2.45, 2.75) is 23.9 Å². The van der Waals surface area contributed by atoms with E-state index < -0.39 is 15.8 Å². The maximum atomic E-state index is 11.2. The molecular formula is C13H18N2O4S. The van der Waals surface area contributed by atoms with Crippen molar-refractivity contribution < 1.29 is 18.1 Å². The van der Waals surface area contributed by atoms with E-state index in [-0.39, 0.29) is 10.6 Å². The van der Waals surface area contributed by atoms with Gasteiger partial charge in [-0.05, 0) is 31.3 Å². The van der Waals surface area contributed by atoms with E-state index in [1.165, 1.54) is 6.07 Å². The Morgan fingerprint density at radius 2 is 2.10 bits per heavy atom. The highest BCUT2D eigenvalue weighted by Gasteiger charge is 2.30. The molecule has 6 nitrogen and oxygen atoms in total. The van der Waals surface area contributed by atoms with Crippen LogP contribution in [0.25, 0.3) is 6.08 Å². The van der Waals surface area contributed by atoms with Gasteiger partial charge in [-0.3, -0.25) is 15.2 Å². The van der Waals surface area contributed by atoms with Gasteiger partial charge < -0.3 is 5.11 Å². The lowest BCUT2D eigenvalue weighted by atomic mass is 9.88. The molecular weight excluding hydrogens is 280 g/mol. The average Bonchev–Trinajstić information content (AvgIpc) is 2.38. The number of phenolic OH excluding ortho intramolecular Hbond substituents is 1. The van der Waals surface area contributed by atoms with Gasteiger partial charge in [0.05, 0.1) is 10.6 Å². The zero-order chi connectivity index (χ0) is 15.0. The molecule has 0 saturated carbocycles. The van der Waals surface area contributed by atoms with E-state index in [4.69, 9.17) is 4.55 Å². The Balaban J connectivity index is 2.51. The molecule has 0 bridgehead atoms. The van der Waals surface area contributed by atoms with Gasteiger partial charge in [0.1, 0.15) is 5.75 Å². The van der Waals surface area contributed by atoms with Gasteiger partial charge >= 0.3 is 0 Å². The summed E-state index contributed by atoms with van der Waals surface area (Å²) in [5.74, 6) is -0.142. The molecule has 20 heavy (non-hydrogen) atoms. The third-order valence-electron chi connectivity index (χ3n) is 3.47. The second-order valence-electron chi connectivity index (χ2n) is 4.75. The summed E-state index contributed by atoms with van der Waals surface area (Å²) < 4.78 is 31.4. The highest BCUT2D eigenvalue weighted by Crippen LogP contribution is 2.33. The molecule has 0 aliphatic heterocycles.